The molecule has 0 spiro atoms. The number of halogens is 1. The highest BCUT2D eigenvalue weighted by Gasteiger charge is 2.16. The van der Waals surface area contributed by atoms with Gasteiger partial charge in [-0.05, 0) is 36.4 Å². The van der Waals surface area contributed by atoms with Gasteiger partial charge in [-0.2, -0.15) is 0 Å². The maximum Gasteiger partial charge on any atom is 0.196 e. The molecule has 0 aliphatic rings. The number of nitrogens with one attached hydrogen (secondary N) is 1. The van der Waals surface area contributed by atoms with E-state index in [1.807, 2.05) is 89.5 Å². The number of carbonyl (C=O) groups excluding carboxylic acids is 1. The predicted octanol–water partition coefficient (Wildman–Crippen LogP) is 5.51. The lowest BCUT2D eigenvalue weighted by molar-refractivity contribution is 0.102. The third-order valence-corrected chi connectivity index (χ3v) is 5.62. The first-order valence-electron chi connectivity index (χ1n) is 9.41. The number of rotatable bonds is 8. The van der Waals surface area contributed by atoms with Gasteiger partial charge in [0, 0.05) is 22.0 Å². The van der Waals surface area contributed by atoms with Gasteiger partial charge in [0.1, 0.15) is 0 Å². The molecule has 0 unspecified atom stereocenters. The maximum atomic E-state index is 12.5. The van der Waals surface area contributed by atoms with Crippen LogP contribution in [0.4, 0.5) is 5.69 Å². The Morgan fingerprint density at radius 3 is 2.27 bits per heavy atom. The van der Waals surface area contributed by atoms with E-state index in [4.69, 9.17) is 11.6 Å². The molecular formula is C23H19ClN4OS. The summed E-state index contributed by atoms with van der Waals surface area (Å²) in [5.41, 5.74) is 2.58. The predicted molar refractivity (Wildman–Crippen MR) is 122 cm³/mol. The van der Waals surface area contributed by atoms with Crippen molar-refractivity contribution < 1.29 is 4.79 Å². The summed E-state index contributed by atoms with van der Waals surface area (Å²) in [5.74, 6) is 1.11. The first-order valence-corrected chi connectivity index (χ1v) is 10.8. The summed E-state index contributed by atoms with van der Waals surface area (Å²) < 4.78 is 1.98. The van der Waals surface area contributed by atoms with E-state index < -0.39 is 0 Å². The van der Waals surface area contributed by atoms with Gasteiger partial charge in [-0.1, -0.05) is 71.9 Å². The number of anilines is 1. The van der Waals surface area contributed by atoms with Crippen LogP contribution in [-0.4, -0.2) is 26.3 Å². The van der Waals surface area contributed by atoms with Gasteiger partial charge < -0.3 is 5.32 Å². The number of ketones is 1. The van der Waals surface area contributed by atoms with Crippen LogP contribution in [-0.2, 0) is 6.54 Å². The van der Waals surface area contributed by atoms with Crippen molar-refractivity contribution in [2.24, 2.45) is 0 Å². The average molecular weight is 435 g/mol. The Morgan fingerprint density at radius 2 is 1.57 bits per heavy atom. The highest BCUT2D eigenvalue weighted by molar-refractivity contribution is 7.99. The number of hydrogen-bond donors (Lipinski definition) is 1. The lowest BCUT2D eigenvalue weighted by atomic mass is 10.2. The van der Waals surface area contributed by atoms with E-state index in [1.165, 1.54) is 11.8 Å². The summed E-state index contributed by atoms with van der Waals surface area (Å²) in [6, 6.07) is 26.7. The second-order valence-electron chi connectivity index (χ2n) is 6.51. The van der Waals surface area contributed by atoms with Crippen molar-refractivity contribution in [1.82, 2.24) is 14.8 Å². The van der Waals surface area contributed by atoms with Crippen molar-refractivity contribution in [2.75, 3.05) is 11.1 Å². The molecule has 150 valence electrons. The number of hydrogen-bond acceptors (Lipinski definition) is 5. The van der Waals surface area contributed by atoms with E-state index in [0.717, 1.165) is 17.2 Å². The number of benzene rings is 3. The van der Waals surface area contributed by atoms with Crippen LogP contribution < -0.4 is 5.32 Å². The normalized spacial score (nSPS) is 10.7. The molecule has 0 atom stereocenters. The van der Waals surface area contributed by atoms with Crippen LogP contribution in [0.25, 0.3) is 5.69 Å². The zero-order valence-electron chi connectivity index (χ0n) is 16.0. The van der Waals surface area contributed by atoms with Gasteiger partial charge in [0.25, 0.3) is 0 Å². The lowest BCUT2D eigenvalue weighted by Gasteiger charge is -2.11. The molecule has 0 bridgehead atoms. The van der Waals surface area contributed by atoms with E-state index in [2.05, 4.69) is 15.5 Å². The summed E-state index contributed by atoms with van der Waals surface area (Å²) in [4.78, 5) is 12.5. The molecule has 1 aromatic heterocycles. The molecule has 0 aliphatic heterocycles. The molecular weight excluding hydrogens is 416 g/mol. The van der Waals surface area contributed by atoms with Crippen molar-refractivity contribution in [3.05, 3.63) is 101 Å². The highest BCUT2D eigenvalue weighted by Crippen LogP contribution is 2.24. The van der Waals surface area contributed by atoms with Crippen molar-refractivity contribution in [1.29, 1.82) is 0 Å². The van der Waals surface area contributed by atoms with Crippen LogP contribution in [0.3, 0.4) is 0 Å². The first-order chi connectivity index (χ1) is 14.7. The van der Waals surface area contributed by atoms with E-state index in [0.29, 0.717) is 28.0 Å². The standard InChI is InChI=1S/C23H19ClN4OS/c24-18-11-13-19(14-12-18)25-15-22-26-27-23(28(22)20-9-5-2-6-10-20)30-16-21(29)17-7-3-1-4-8-17/h1-14,25H,15-16H2. The van der Waals surface area contributed by atoms with Crippen LogP contribution in [0, 0.1) is 0 Å². The van der Waals surface area contributed by atoms with Gasteiger partial charge >= 0.3 is 0 Å². The quantitative estimate of drug-likeness (QED) is 0.293. The van der Waals surface area contributed by atoms with Crippen molar-refractivity contribution in [3.8, 4) is 5.69 Å². The fourth-order valence-electron chi connectivity index (χ4n) is 2.93. The van der Waals surface area contributed by atoms with Crippen molar-refractivity contribution in [3.63, 3.8) is 0 Å². The minimum Gasteiger partial charge on any atom is -0.378 e. The fraction of sp³-hybridized carbons (Fsp3) is 0.0870. The molecule has 4 rings (SSSR count). The summed E-state index contributed by atoms with van der Waals surface area (Å²) in [6.45, 7) is 0.483. The van der Waals surface area contributed by atoms with Gasteiger partial charge in [-0.25, -0.2) is 0 Å². The van der Waals surface area contributed by atoms with Crippen molar-refractivity contribution >= 4 is 34.8 Å². The number of aromatic nitrogens is 3. The zero-order chi connectivity index (χ0) is 20.8. The maximum absolute atomic E-state index is 12.5. The Labute approximate surface area is 184 Å². The molecule has 30 heavy (non-hydrogen) atoms. The molecule has 7 heteroatoms. The minimum absolute atomic E-state index is 0.0593. The van der Waals surface area contributed by atoms with E-state index in [-0.39, 0.29) is 5.78 Å². The number of para-hydroxylation sites is 1. The summed E-state index contributed by atoms with van der Waals surface area (Å²) in [6.07, 6.45) is 0. The van der Waals surface area contributed by atoms with Gasteiger partial charge in [0.05, 0.1) is 12.3 Å². The van der Waals surface area contributed by atoms with Crippen molar-refractivity contribution in [2.45, 2.75) is 11.7 Å². The Kier molecular flexibility index (Phi) is 6.47. The second-order valence-corrected chi connectivity index (χ2v) is 7.89. The molecule has 1 N–H and O–H groups in total. The van der Waals surface area contributed by atoms with E-state index in [1.54, 1.807) is 0 Å². The van der Waals surface area contributed by atoms with E-state index in [9.17, 15) is 4.79 Å². The second kappa shape index (κ2) is 9.61. The third kappa shape index (κ3) is 4.90. The minimum atomic E-state index is 0.0593. The van der Waals surface area contributed by atoms with Gasteiger partial charge in [0.2, 0.25) is 0 Å². The molecule has 0 amide bonds. The number of carbonyl (C=O) groups is 1. The molecule has 0 saturated carbocycles. The van der Waals surface area contributed by atoms with E-state index >= 15 is 0 Å². The average Bonchev–Trinajstić information content (AvgIpc) is 3.21. The van der Waals surface area contributed by atoms with Crippen LogP contribution >= 0.6 is 23.4 Å². The number of nitrogens with zero attached hydrogens (tertiary/aromatic N) is 3. The molecule has 1 heterocycles. The molecule has 4 aromatic rings. The van der Waals surface area contributed by atoms with Gasteiger partial charge in [-0.15, -0.1) is 10.2 Å². The van der Waals surface area contributed by atoms with Gasteiger partial charge in [-0.3, -0.25) is 9.36 Å². The van der Waals surface area contributed by atoms with Crippen LogP contribution in [0.2, 0.25) is 5.02 Å². The molecule has 0 radical (unpaired) electrons. The zero-order valence-corrected chi connectivity index (χ0v) is 17.6. The Bertz CT molecular complexity index is 1120. The Hall–Kier alpha value is -3.09. The lowest BCUT2D eigenvalue weighted by Crippen LogP contribution is -2.09. The molecule has 3 aromatic carbocycles. The van der Waals surface area contributed by atoms with Gasteiger partial charge in [0.15, 0.2) is 16.8 Å². The Morgan fingerprint density at radius 1 is 0.900 bits per heavy atom. The van der Waals surface area contributed by atoms with Crippen LogP contribution in [0.5, 0.6) is 0 Å². The molecule has 5 nitrogen and oxygen atoms in total. The largest absolute Gasteiger partial charge is 0.378 e. The summed E-state index contributed by atoms with van der Waals surface area (Å²) in [7, 11) is 0. The topological polar surface area (TPSA) is 59.8 Å². The fourth-order valence-corrected chi connectivity index (χ4v) is 3.92. The summed E-state index contributed by atoms with van der Waals surface area (Å²) in [5, 5.41) is 13.4. The number of Topliss-reactive ketones (excluding diaryl/α,β-unsaturated/α-hetero) is 1. The SMILES string of the molecule is O=C(CSc1nnc(CNc2ccc(Cl)cc2)n1-c1ccccc1)c1ccccc1. The smallest absolute Gasteiger partial charge is 0.196 e. The summed E-state index contributed by atoms with van der Waals surface area (Å²) >= 11 is 7.34. The van der Waals surface area contributed by atoms with Crippen LogP contribution in [0.15, 0.2) is 90.1 Å². The molecule has 0 fully saturated rings. The third-order valence-electron chi connectivity index (χ3n) is 4.44. The monoisotopic (exact) mass is 434 g/mol. The molecule has 0 saturated heterocycles. The Balaban J connectivity index is 1.54. The van der Waals surface area contributed by atoms with Crippen LogP contribution in [0.1, 0.15) is 16.2 Å². The highest BCUT2D eigenvalue weighted by atomic mass is 35.5. The number of thioether (sulfide) groups is 1. The first kappa shape index (κ1) is 20.2. The molecule has 0 aliphatic carbocycles.